The Kier molecular flexibility index (Phi) is 2.02. The average Bonchev–Trinajstić information content (AvgIpc) is 2.65. The smallest absolute Gasteiger partial charge is 0.314 e. The number of aromatic nitrogens is 1. The van der Waals surface area contributed by atoms with Gasteiger partial charge in [-0.3, -0.25) is 4.79 Å². The Labute approximate surface area is 79.8 Å². The first-order valence-electron chi connectivity index (χ1n) is 4.01. The van der Waals surface area contributed by atoms with Crippen LogP contribution in [0.15, 0.2) is 41.1 Å². The van der Waals surface area contributed by atoms with Crippen molar-refractivity contribution in [1.82, 2.24) is 4.98 Å². The molecule has 0 fully saturated rings. The number of hydrogen-bond donors (Lipinski definition) is 1. The van der Waals surface area contributed by atoms with E-state index in [4.69, 9.17) is 5.11 Å². The summed E-state index contributed by atoms with van der Waals surface area (Å²) in [4.78, 5) is 15.3. The maximum Gasteiger partial charge on any atom is 0.314 e. The van der Waals surface area contributed by atoms with Crippen molar-refractivity contribution in [3.05, 3.63) is 48.0 Å². The van der Waals surface area contributed by atoms with E-state index in [1.807, 2.05) is 0 Å². The Hall–Kier alpha value is -2.10. The minimum atomic E-state index is -0.446. The highest BCUT2D eigenvalue weighted by Gasteiger charge is 2.17. The molecule has 0 aliphatic rings. The third kappa shape index (κ3) is 1.37. The van der Waals surface area contributed by atoms with Gasteiger partial charge in [-0.15, -0.1) is 0 Å². The van der Waals surface area contributed by atoms with E-state index in [1.54, 1.807) is 30.3 Å². The molecular weight excluding hydrogens is 182 g/mol. The third-order valence-corrected chi connectivity index (χ3v) is 1.80. The summed E-state index contributed by atoms with van der Waals surface area (Å²) in [6.45, 7) is 0. The number of oxazole rings is 1. The van der Waals surface area contributed by atoms with Gasteiger partial charge in [0.05, 0.1) is 0 Å². The van der Waals surface area contributed by atoms with E-state index in [-0.39, 0.29) is 11.5 Å². The molecule has 0 saturated heterocycles. The van der Waals surface area contributed by atoms with Gasteiger partial charge in [0, 0.05) is 5.56 Å². The molecular formula is C10H7NO3. The van der Waals surface area contributed by atoms with Crippen LogP contribution < -0.4 is 0 Å². The van der Waals surface area contributed by atoms with Crippen LogP contribution >= 0.6 is 0 Å². The lowest BCUT2D eigenvalue weighted by molar-refractivity contribution is 0.103. The largest absolute Gasteiger partial charge is 0.479 e. The van der Waals surface area contributed by atoms with Gasteiger partial charge in [0.1, 0.15) is 0 Å². The van der Waals surface area contributed by atoms with Crippen LogP contribution in [0.2, 0.25) is 0 Å². The van der Waals surface area contributed by atoms with Crippen molar-refractivity contribution in [3.8, 4) is 5.95 Å². The van der Waals surface area contributed by atoms with Crippen molar-refractivity contribution >= 4 is 5.78 Å². The normalized spacial score (nSPS) is 10.0. The van der Waals surface area contributed by atoms with Crippen LogP contribution in [0.4, 0.5) is 0 Å². The van der Waals surface area contributed by atoms with Gasteiger partial charge >= 0.3 is 5.95 Å². The number of nitrogens with zero attached hydrogens (tertiary/aromatic N) is 1. The second kappa shape index (κ2) is 3.33. The second-order valence-electron chi connectivity index (χ2n) is 2.70. The van der Waals surface area contributed by atoms with Gasteiger partial charge in [0.2, 0.25) is 5.78 Å². The predicted octanol–water partition coefficient (Wildman–Crippen LogP) is 1.61. The molecule has 70 valence electrons. The number of aromatic hydroxyl groups is 1. The molecule has 0 saturated carbocycles. The summed E-state index contributed by atoms with van der Waals surface area (Å²) in [5.41, 5.74) is 0.410. The lowest BCUT2D eigenvalue weighted by Gasteiger charge is -1.95. The first-order valence-corrected chi connectivity index (χ1v) is 4.01. The topological polar surface area (TPSA) is 63.3 Å². The molecule has 4 nitrogen and oxygen atoms in total. The van der Waals surface area contributed by atoms with Gasteiger partial charge in [0.25, 0.3) is 0 Å². The maximum atomic E-state index is 11.6. The maximum absolute atomic E-state index is 11.6. The molecule has 0 atom stereocenters. The molecule has 0 aliphatic heterocycles. The van der Waals surface area contributed by atoms with E-state index >= 15 is 0 Å². The Balaban J connectivity index is 2.39. The highest BCUT2D eigenvalue weighted by Crippen LogP contribution is 2.17. The van der Waals surface area contributed by atoms with E-state index in [0.29, 0.717) is 5.56 Å². The zero-order valence-corrected chi connectivity index (χ0v) is 7.18. The SMILES string of the molecule is O=C(c1ccccc1)c1ncoc1O. The molecule has 2 aromatic rings. The predicted molar refractivity (Wildman–Crippen MR) is 48.0 cm³/mol. The van der Waals surface area contributed by atoms with Crippen LogP contribution in [0, 0.1) is 0 Å². The minimum Gasteiger partial charge on any atom is -0.479 e. The monoisotopic (exact) mass is 189 g/mol. The highest BCUT2D eigenvalue weighted by atomic mass is 16.5. The van der Waals surface area contributed by atoms with E-state index in [9.17, 15) is 4.79 Å². The van der Waals surface area contributed by atoms with E-state index in [0.717, 1.165) is 6.39 Å². The summed E-state index contributed by atoms with van der Waals surface area (Å²) in [6.07, 6.45) is 1.03. The second-order valence-corrected chi connectivity index (χ2v) is 2.70. The summed E-state index contributed by atoms with van der Waals surface area (Å²) in [5.74, 6) is -0.796. The van der Waals surface area contributed by atoms with Gasteiger partial charge < -0.3 is 9.52 Å². The number of carbonyl (C=O) groups excluding carboxylic acids is 1. The van der Waals surface area contributed by atoms with Crippen molar-refractivity contribution in [1.29, 1.82) is 0 Å². The molecule has 2 rings (SSSR count). The van der Waals surface area contributed by atoms with Crippen LogP contribution in [0.5, 0.6) is 5.95 Å². The minimum absolute atomic E-state index is 0.0591. The number of ketones is 1. The lowest BCUT2D eigenvalue weighted by atomic mass is 10.1. The molecule has 1 aromatic heterocycles. The number of carbonyl (C=O) groups is 1. The van der Waals surface area contributed by atoms with Crippen molar-refractivity contribution < 1.29 is 14.3 Å². The fraction of sp³-hybridized carbons (Fsp3) is 0. The molecule has 0 radical (unpaired) electrons. The molecule has 1 aromatic carbocycles. The third-order valence-electron chi connectivity index (χ3n) is 1.80. The van der Waals surface area contributed by atoms with E-state index in [2.05, 4.69) is 9.40 Å². The standard InChI is InChI=1S/C10H7NO3/c12-9(7-4-2-1-3-5-7)8-10(13)14-6-11-8/h1-6,13H. The number of hydrogen-bond acceptors (Lipinski definition) is 4. The first-order chi connectivity index (χ1) is 6.79. The highest BCUT2D eigenvalue weighted by molar-refractivity contribution is 6.08. The molecule has 0 aliphatic carbocycles. The van der Waals surface area contributed by atoms with Crippen molar-refractivity contribution in [2.45, 2.75) is 0 Å². The Morgan fingerprint density at radius 1 is 1.29 bits per heavy atom. The Morgan fingerprint density at radius 3 is 2.57 bits per heavy atom. The van der Waals surface area contributed by atoms with Crippen LogP contribution in [-0.2, 0) is 0 Å². The van der Waals surface area contributed by atoms with Crippen molar-refractivity contribution in [3.63, 3.8) is 0 Å². The summed E-state index contributed by atoms with van der Waals surface area (Å²) in [5, 5.41) is 9.13. The molecule has 0 unspecified atom stereocenters. The molecule has 14 heavy (non-hydrogen) atoms. The van der Waals surface area contributed by atoms with Gasteiger partial charge in [-0.1, -0.05) is 30.3 Å². The van der Waals surface area contributed by atoms with Crippen LogP contribution in [0.25, 0.3) is 0 Å². The molecule has 0 bridgehead atoms. The van der Waals surface area contributed by atoms with Gasteiger partial charge in [-0.05, 0) is 0 Å². The molecule has 4 heteroatoms. The molecule has 1 heterocycles. The fourth-order valence-corrected chi connectivity index (χ4v) is 1.12. The van der Waals surface area contributed by atoms with Gasteiger partial charge in [-0.2, -0.15) is 0 Å². The molecule has 0 amide bonds. The summed E-state index contributed by atoms with van der Waals surface area (Å²) < 4.78 is 4.53. The van der Waals surface area contributed by atoms with Crippen LogP contribution in [0.3, 0.4) is 0 Å². The van der Waals surface area contributed by atoms with Gasteiger partial charge in [-0.25, -0.2) is 4.98 Å². The van der Waals surface area contributed by atoms with E-state index < -0.39 is 5.95 Å². The summed E-state index contributed by atoms with van der Waals surface area (Å²) in [6, 6.07) is 8.58. The van der Waals surface area contributed by atoms with E-state index in [1.165, 1.54) is 0 Å². The van der Waals surface area contributed by atoms with Crippen LogP contribution in [0.1, 0.15) is 16.1 Å². The summed E-state index contributed by atoms with van der Waals surface area (Å²) in [7, 11) is 0. The Morgan fingerprint density at radius 2 is 2.00 bits per heavy atom. The zero-order valence-electron chi connectivity index (χ0n) is 7.18. The summed E-state index contributed by atoms with van der Waals surface area (Å²) >= 11 is 0. The molecule has 0 spiro atoms. The zero-order chi connectivity index (χ0) is 9.97. The first kappa shape index (κ1) is 8.50. The lowest BCUT2D eigenvalue weighted by Crippen LogP contribution is -2.01. The average molecular weight is 189 g/mol. The fourth-order valence-electron chi connectivity index (χ4n) is 1.12. The number of rotatable bonds is 2. The Bertz CT molecular complexity index is 447. The van der Waals surface area contributed by atoms with Crippen molar-refractivity contribution in [2.75, 3.05) is 0 Å². The van der Waals surface area contributed by atoms with Crippen LogP contribution in [-0.4, -0.2) is 15.9 Å². The van der Waals surface area contributed by atoms with Gasteiger partial charge in [0.15, 0.2) is 12.1 Å². The molecule has 1 N–H and O–H groups in total. The van der Waals surface area contributed by atoms with Crippen molar-refractivity contribution in [2.24, 2.45) is 0 Å². The number of benzene rings is 1. The quantitative estimate of drug-likeness (QED) is 0.729.